The molecule has 0 spiro atoms. The van der Waals surface area contributed by atoms with Gasteiger partial charge in [-0.2, -0.15) is 0 Å². The van der Waals surface area contributed by atoms with E-state index < -0.39 is 18.3 Å². The minimum atomic E-state index is -1.23. The average Bonchev–Trinajstić information content (AvgIpc) is 3.47. The minimum Gasteiger partial charge on any atom is -0.343 e. The first-order chi connectivity index (χ1) is 15.9. The number of carbonyl (C=O) groups excluding carboxylic acids is 2. The zero-order chi connectivity index (χ0) is 23.4. The molecular formula is C26H29FN4O2. The van der Waals surface area contributed by atoms with Gasteiger partial charge in [0.1, 0.15) is 18.8 Å². The summed E-state index contributed by atoms with van der Waals surface area (Å²) < 4.78 is 16.0. The second-order valence-corrected chi connectivity index (χ2v) is 8.80. The Labute approximate surface area is 193 Å². The predicted octanol–water partition coefficient (Wildman–Crippen LogP) is 3.85. The predicted molar refractivity (Wildman–Crippen MR) is 124 cm³/mol. The Morgan fingerprint density at radius 1 is 1.06 bits per heavy atom. The van der Waals surface area contributed by atoms with Crippen molar-refractivity contribution in [3.8, 4) is 0 Å². The van der Waals surface area contributed by atoms with Crippen molar-refractivity contribution in [1.29, 1.82) is 0 Å². The van der Waals surface area contributed by atoms with Crippen LogP contribution >= 0.6 is 0 Å². The summed E-state index contributed by atoms with van der Waals surface area (Å²) in [6.45, 7) is 4.21. The molecule has 0 bridgehead atoms. The summed E-state index contributed by atoms with van der Waals surface area (Å²) in [6.07, 6.45) is 3.54. The van der Waals surface area contributed by atoms with Gasteiger partial charge in [0.25, 0.3) is 0 Å². The zero-order valence-electron chi connectivity index (χ0n) is 18.9. The first kappa shape index (κ1) is 22.7. The lowest BCUT2D eigenvalue weighted by Crippen LogP contribution is -2.47. The molecule has 2 heterocycles. The van der Waals surface area contributed by atoms with Crippen molar-refractivity contribution in [2.45, 2.75) is 51.0 Å². The summed E-state index contributed by atoms with van der Waals surface area (Å²) >= 11 is 0. The maximum Gasteiger partial charge on any atom is 0.243 e. The van der Waals surface area contributed by atoms with E-state index in [9.17, 15) is 14.0 Å². The third kappa shape index (κ3) is 5.30. The molecule has 1 N–H and O–H groups in total. The summed E-state index contributed by atoms with van der Waals surface area (Å²) in [4.78, 5) is 31.5. The molecule has 33 heavy (non-hydrogen) atoms. The summed E-state index contributed by atoms with van der Waals surface area (Å²) in [5.74, 6) is -0.249. The number of likely N-dealkylation sites (tertiary alicyclic amines) is 1. The third-order valence-electron chi connectivity index (χ3n) is 6.11. The van der Waals surface area contributed by atoms with Gasteiger partial charge in [0.2, 0.25) is 11.8 Å². The van der Waals surface area contributed by atoms with E-state index in [4.69, 9.17) is 0 Å². The van der Waals surface area contributed by atoms with Crippen molar-refractivity contribution >= 4 is 11.8 Å². The van der Waals surface area contributed by atoms with Crippen molar-refractivity contribution < 1.29 is 14.0 Å². The molecule has 0 radical (unpaired) electrons. The average molecular weight is 449 g/mol. The number of imidazole rings is 1. The van der Waals surface area contributed by atoms with E-state index in [-0.39, 0.29) is 31.3 Å². The molecule has 1 aliphatic rings. The van der Waals surface area contributed by atoms with Crippen LogP contribution in [0.4, 0.5) is 4.39 Å². The number of carbonyl (C=O) groups is 2. The number of hydrogen-bond acceptors (Lipinski definition) is 3. The van der Waals surface area contributed by atoms with Gasteiger partial charge in [-0.3, -0.25) is 9.59 Å². The Morgan fingerprint density at radius 2 is 1.73 bits per heavy atom. The van der Waals surface area contributed by atoms with Crippen molar-refractivity contribution in [1.82, 2.24) is 19.8 Å². The van der Waals surface area contributed by atoms with E-state index in [2.05, 4.69) is 36.3 Å². The topological polar surface area (TPSA) is 67.2 Å². The smallest absolute Gasteiger partial charge is 0.243 e. The van der Waals surface area contributed by atoms with Crippen LogP contribution in [0.2, 0.25) is 0 Å². The van der Waals surface area contributed by atoms with Gasteiger partial charge in [0.05, 0.1) is 18.9 Å². The number of aromatic nitrogens is 2. The van der Waals surface area contributed by atoms with Crippen LogP contribution in [0.3, 0.4) is 0 Å². The fourth-order valence-corrected chi connectivity index (χ4v) is 4.25. The Kier molecular flexibility index (Phi) is 6.87. The Bertz CT molecular complexity index is 1070. The van der Waals surface area contributed by atoms with Crippen LogP contribution in [0, 0.1) is 0 Å². The fourth-order valence-electron chi connectivity index (χ4n) is 4.25. The summed E-state index contributed by atoms with van der Waals surface area (Å²) in [7, 11) is 0. The van der Waals surface area contributed by atoms with Crippen LogP contribution in [0.5, 0.6) is 0 Å². The molecule has 2 amide bonds. The van der Waals surface area contributed by atoms with E-state index in [0.29, 0.717) is 5.92 Å². The summed E-state index contributed by atoms with van der Waals surface area (Å²) in [5.41, 5.74) is 3.07. The van der Waals surface area contributed by atoms with Gasteiger partial charge in [0.15, 0.2) is 0 Å². The Hall–Kier alpha value is -3.48. The number of nitrogens with zero attached hydrogens (tertiary/aromatic N) is 3. The molecule has 1 aliphatic heterocycles. The fraction of sp³-hybridized carbons (Fsp3) is 0.346. The maximum absolute atomic E-state index is 14.3. The molecule has 0 saturated carbocycles. The van der Waals surface area contributed by atoms with Crippen molar-refractivity contribution in [3.63, 3.8) is 0 Å². The molecule has 3 aromatic rings. The molecule has 2 aromatic carbocycles. The second-order valence-electron chi connectivity index (χ2n) is 8.80. The molecule has 172 valence electrons. The first-order valence-electron chi connectivity index (χ1n) is 11.3. The van der Waals surface area contributed by atoms with Gasteiger partial charge in [-0.05, 0) is 22.6 Å². The van der Waals surface area contributed by atoms with Gasteiger partial charge >= 0.3 is 0 Å². The molecule has 3 atom stereocenters. The monoisotopic (exact) mass is 448 g/mol. The number of alkyl halides is 1. The highest BCUT2D eigenvalue weighted by atomic mass is 19.1. The standard InChI is InChI=1S/C26H29FN4O2/c1-18(2)19-8-10-21(11-9-19)25(20-6-4-3-5-7-20)29-26(33)23-14-22(27)15-31(23)24(32)16-30-13-12-28-17-30/h3-13,17-18,22-23,25H,14-16H2,1-2H3,(H,29,33). The SMILES string of the molecule is CC(C)c1ccc(C(NC(=O)C2CC(F)CN2C(=O)Cn2ccnc2)c2ccccc2)cc1. The summed E-state index contributed by atoms with van der Waals surface area (Å²) in [6, 6.07) is 16.6. The quantitative estimate of drug-likeness (QED) is 0.597. The van der Waals surface area contributed by atoms with E-state index in [1.54, 1.807) is 17.0 Å². The van der Waals surface area contributed by atoms with Crippen molar-refractivity contribution in [3.05, 3.63) is 90.0 Å². The van der Waals surface area contributed by atoms with Gasteiger partial charge in [-0.15, -0.1) is 0 Å². The molecule has 0 aliphatic carbocycles. The largest absolute Gasteiger partial charge is 0.343 e. The van der Waals surface area contributed by atoms with Crippen LogP contribution in [0.15, 0.2) is 73.3 Å². The lowest BCUT2D eigenvalue weighted by atomic mass is 9.95. The first-order valence-corrected chi connectivity index (χ1v) is 11.3. The summed E-state index contributed by atoms with van der Waals surface area (Å²) in [5, 5.41) is 3.09. The normalized spacial score (nSPS) is 19.0. The van der Waals surface area contributed by atoms with Crippen molar-refractivity contribution in [2.24, 2.45) is 0 Å². The van der Waals surface area contributed by atoms with E-state index in [1.165, 1.54) is 16.8 Å². The molecule has 1 fully saturated rings. The van der Waals surface area contributed by atoms with Gasteiger partial charge in [-0.1, -0.05) is 68.4 Å². The molecular weight excluding hydrogens is 419 g/mol. The lowest BCUT2D eigenvalue weighted by Gasteiger charge is -2.27. The molecule has 7 heteroatoms. The van der Waals surface area contributed by atoms with Crippen LogP contribution in [-0.2, 0) is 16.1 Å². The van der Waals surface area contributed by atoms with Gasteiger partial charge in [-0.25, -0.2) is 9.37 Å². The molecule has 6 nitrogen and oxygen atoms in total. The molecule has 1 saturated heterocycles. The lowest BCUT2D eigenvalue weighted by molar-refractivity contribution is -0.139. The van der Waals surface area contributed by atoms with E-state index in [0.717, 1.165) is 11.1 Å². The van der Waals surface area contributed by atoms with Crippen LogP contribution in [0.1, 0.15) is 48.9 Å². The number of nitrogens with one attached hydrogen (secondary N) is 1. The van der Waals surface area contributed by atoms with Gasteiger partial charge < -0.3 is 14.8 Å². The number of halogens is 1. The molecule has 1 aromatic heterocycles. The highest BCUT2D eigenvalue weighted by molar-refractivity contribution is 5.88. The van der Waals surface area contributed by atoms with Crippen LogP contribution in [-0.4, -0.2) is 45.0 Å². The van der Waals surface area contributed by atoms with Crippen molar-refractivity contribution in [2.75, 3.05) is 6.54 Å². The maximum atomic E-state index is 14.3. The zero-order valence-corrected chi connectivity index (χ0v) is 18.9. The highest BCUT2D eigenvalue weighted by Gasteiger charge is 2.40. The third-order valence-corrected chi connectivity index (χ3v) is 6.11. The Balaban J connectivity index is 1.56. The van der Waals surface area contributed by atoms with Crippen LogP contribution < -0.4 is 5.32 Å². The van der Waals surface area contributed by atoms with Gasteiger partial charge in [0, 0.05) is 18.8 Å². The number of amides is 2. The molecule has 4 rings (SSSR count). The minimum absolute atomic E-state index is 0.00466. The Morgan fingerprint density at radius 3 is 2.36 bits per heavy atom. The van der Waals surface area contributed by atoms with Crippen LogP contribution in [0.25, 0.3) is 0 Å². The van der Waals surface area contributed by atoms with E-state index in [1.807, 2.05) is 42.5 Å². The van der Waals surface area contributed by atoms with E-state index >= 15 is 0 Å². The molecule has 3 unspecified atom stereocenters. The number of hydrogen-bond donors (Lipinski definition) is 1. The number of rotatable bonds is 7. The number of benzene rings is 2. The second kappa shape index (κ2) is 9.98. The highest BCUT2D eigenvalue weighted by Crippen LogP contribution is 2.27.